The number of nitrogens with zero attached hydrogens (tertiary/aromatic N) is 2. The lowest BCUT2D eigenvalue weighted by Crippen LogP contribution is -2.29. The molecule has 0 unspecified atom stereocenters. The highest BCUT2D eigenvalue weighted by Gasteiger charge is 2.45. The van der Waals surface area contributed by atoms with E-state index in [-0.39, 0.29) is 22.6 Å². The van der Waals surface area contributed by atoms with E-state index in [1.165, 1.54) is 4.90 Å². The minimum Gasteiger partial charge on any atom is -0.493 e. The average molecular weight is 482 g/mol. The zero-order valence-corrected chi connectivity index (χ0v) is 19.9. The van der Waals surface area contributed by atoms with Gasteiger partial charge in [-0.1, -0.05) is 41.6 Å². The molecule has 1 atom stereocenters. The van der Waals surface area contributed by atoms with Crippen LogP contribution in [0.1, 0.15) is 40.4 Å². The number of rotatable bonds is 5. The molecule has 1 amide bonds. The van der Waals surface area contributed by atoms with Gasteiger partial charge >= 0.3 is 0 Å². The molecular formula is C28H22N2O6. The number of aromatic nitrogens is 1. The zero-order chi connectivity index (χ0) is 25.0. The third-order valence-electron chi connectivity index (χ3n) is 6.43. The van der Waals surface area contributed by atoms with E-state index >= 15 is 0 Å². The first-order chi connectivity index (χ1) is 17.5. The van der Waals surface area contributed by atoms with Crippen LogP contribution in [0.4, 0.5) is 5.82 Å². The van der Waals surface area contributed by atoms with Crippen molar-refractivity contribution in [1.29, 1.82) is 0 Å². The summed E-state index contributed by atoms with van der Waals surface area (Å²) >= 11 is 0. The molecule has 1 aliphatic heterocycles. The van der Waals surface area contributed by atoms with Crippen LogP contribution in [-0.4, -0.2) is 24.8 Å². The van der Waals surface area contributed by atoms with Crippen LogP contribution >= 0.6 is 0 Å². The van der Waals surface area contributed by atoms with Gasteiger partial charge < -0.3 is 18.4 Å². The molecule has 0 spiro atoms. The van der Waals surface area contributed by atoms with Crippen molar-refractivity contribution < 1.29 is 23.2 Å². The number of carbonyl (C=O) groups excluding carboxylic acids is 1. The van der Waals surface area contributed by atoms with Crippen molar-refractivity contribution in [1.82, 2.24) is 5.16 Å². The number of ether oxygens (including phenoxy) is 2. The molecule has 0 bridgehead atoms. The Hall–Kier alpha value is -4.59. The fourth-order valence-corrected chi connectivity index (χ4v) is 4.85. The summed E-state index contributed by atoms with van der Waals surface area (Å²) in [4.78, 5) is 29.2. The SMILES string of the molecule is CCOc1ccc([C@@H]2c3c(oc4c(ccc5ccccc54)c3=O)C(=O)N2c2cc(C)on2)cc1OC. The summed E-state index contributed by atoms with van der Waals surface area (Å²) in [7, 11) is 1.54. The summed E-state index contributed by atoms with van der Waals surface area (Å²) in [5, 5.41) is 6.15. The van der Waals surface area contributed by atoms with Gasteiger partial charge in [0.05, 0.1) is 30.7 Å². The summed E-state index contributed by atoms with van der Waals surface area (Å²) in [6.07, 6.45) is 0. The maximum Gasteiger partial charge on any atom is 0.296 e. The van der Waals surface area contributed by atoms with E-state index in [2.05, 4.69) is 5.16 Å². The zero-order valence-electron chi connectivity index (χ0n) is 19.9. The number of hydrogen-bond donors (Lipinski definition) is 0. The highest BCUT2D eigenvalue weighted by atomic mass is 16.5. The molecule has 180 valence electrons. The van der Waals surface area contributed by atoms with E-state index < -0.39 is 11.9 Å². The van der Waals surface area contributed by atoms with Gasteiger partial charge in [0.25, 0.3) is 5.91 Å². The second-order valence-electron chi connectivity index (χ2n) is 8.55. The van der Waals surface area contributed by atoms with E-state index in [1.54, 1.807) is 38.3 Å². The Kier molecular flexibility index (Phi) is 5.03. The van der Waals surface area contributed by atoms with E-state index in [9.17, 15) is 9.59 Å². The van der Waals surface area contributed by atoms with Gasteiger partial charge in [-0.05, 0) is 43.0 Å². The van der Waals surface area contributed by atoms with Crippen LogP contribution in [0.3, 0.4) is 0 Å². The molecule has 36 heavy (non-hydrogen) atoms. The average Bonchev–Trinajstić information content (AvgIpc) is 3.45. The summed E-state index contributed by atoms with van der Waals surface area (Å²) < 4.78 is 22.7. The number of hydrogen-bond acceptors (Lipinski definition) is 7. The van der Waals surface area contributed by atoms with Crippen molar-refractivity contribution in [2.75, 3.05) is 18.6 Å². The van der Waals surface area contributed by atoms with Crippen molar-refractivity contribution in [3.8, 4) is 11.5 Å². The van der Waals surface area contributed by atoms with E-state index in [0.717, 1.165) is 10.8 Å². The molecule has 6 rings (SSSR count). The lowest BCUT2D eigenvalue weighted by atomic mass is 9.97. The van der Waals surface area contributed by atoms with Gasteiger partial charge in [0.2, 0.25) is 5.76 Å². The number of benzene rings is 3. The van der Waals surface area contributed by atoms with Gasteiger partial charge in [0.1, 0.15) is 11.3 Å². The van der Waals surface area contributed by atoms with Crippen LogP contribution in [0.25, 0.3) is 21.7 Å². The van der Waals surface area contributed by atoms with Gasteiger partial charge in [-0.15, -0.1) is 0 Å². The van der Waals surface area contributed by atoms with Crippen LogP contribution in [0.5, 0.6) is 11.5 Å². The van der Waals surface area contributed by atoms with E-state index in [4.69, 9.17) is 18.4 Å². The maximum atomic E-state index is 14.0. The molecule has 8 nitrogen and oxygen atoms in total. The fraction of sp³-hybridized carbons (Fsp3) is 0.179. The first-order valence-electron chi connectivity index (χ1n) is 11.6. The van der Waals surface area contributed by atoms with Gasteiger partial charge in [-0.25, -0.2) is 0 Å². The molecule has 8 heteroatoms. The lowest BCUT2D eigenvalue weighted by Gasteiger charge is -2.23. The third-order valence-corrected chi connectivity index (χ3v) is 6.43. The number of aryl methyl sites for hydroxylation is 1. The van der Waals surface area contributed by atoms with Crippen LogP contribution in [0.15, 0.2) is 74.4 Å². The number of methoxy groups -OCH3 is 1. The van der Waals surface area contributed by atoms with Crippen molar-refractivity contribution in [3.63, 3.8) is 0 Å². The molecule has 5 aromatic rings. The molecule has 0 fully saturated rings. The second-order valence-corrected chi connectivity index (χ2v) is 8.55. The Morgan fingerprint density at radius 2 is 1.83 bits per heavy atom. The molecule has 0 radical (unpaired) electrons. The monoisotopic (exact) mass is 482 g/mol. The van der Waals surface area contributed by atoms with E-state index in [0.29, 0.717) is 40.4 Å². The number of amides is 1. The Balaban J connectivity index is 1.64. The molecule has 0 N–H and O–H groups in total. The van der Waals surface area contributed by atoms with Crippen molar-refractivity contribution >= 4 is 33.5 Å². The predicted octanol–water partition coefficient (Wildman–Crippen LogP) is 5.40. The highest BCUT2D eigenvalue weighted by Crippen LogP contribution is 2.43. The molecular weight excluding hydrogens is 460 g/mol. The first-order valence-corrected chi connectivity index (χ1v) is 11.6. The quantitative estimate of drug-likeness (QED) is 0.310. The Morgan fingerprint density at radius 3 is 2.58 bits per heavy atom. The largest absolute Gasteiger partial charge is 0.493 e. The Morgan fingerprint density at radius 1 is 1.00 bits per heavy atom. The minimum atomic E-state index is -0.798. The van der Waals surface area contributed by atoms with Gasteiger partial charge in [0.15, 0.2) is 22.7 Å². The van der Waals surface area contributed by atoms with Crippen molar-refractivity contribution in [2.45, 2.75) is 19.9 Å². The summed E-state index contributed by atoms with van der Waals surface area (Å²) in [6.45, 7) is 4.09. The number of anilines is 1. The Bertz CT molecular complexity index is 1720. The van der Waals surface area contributed by atoms with Crippen LogP contribution in [-0.2, 0) is 0 Å². The third kappa shape index (κ3) is 3.18. The molecule has 0 saturated heterocycles. The van der Waals surface area contributed by atoms with Crippen molar-refractivity contribution in [3.05, 3.63) is 93.5 Å². The smallest absolute Gasteiger partial charge is 0.296 e. The number of carbonyl (C=O) groups is 1. The molecule has 0 aliphatic carbocycles. The van der Waals surface area contributed by atoms with Crippen molar-refractivity contribution in [2.24, 2.45) is 0 Å². The van der Waals surface area contributed by atoms with Crippen LogP contribution in [0.2, 0.25) is 0 Å². The van der Waals surface area contributed by atoms with Gasteiger partial charge in [-0.3, -0.25) is 14.5 Å². The van der Waals surface area contributed by atoms with Gasteiger partial charge in [-0.2, -0.15) is 0 Å². The van der Waals surface area contributed by atoms with Crippen LogP contribution < -0.4 is 19.8 Å². The second kappa shape index (κ2) is 8.27. The molecule has 3 aromatic carbocycles. The highest BCUT2D eigenvalue weighted by molar-refractivity contribution is 6.12. The predicted molar refractivity (Wildman–Crippen MR) is 134 cm³/mol. The maximum absolute atomic E-state index is 14.0. The summed E-state index contributed by atoms with van der Waals surface area (Å²) in [5.41, 5.74) is 1.00. The summed E-state index contributed by atoms with van der Waals surface area (Å²) in [5.74, 6) is 1.39. The minimum absolute atomic E-state index is 0.0117. The molecule has 3 heterocycles. The van der Waals surface area contributed by atoms with Gasteiger partial charge in [0, 0.05) is 11.5 Å². The summed E-state index contributed by atoms with van der Waals surface area (Å²) in [6, 6.07) is 17.4. The standard InChI is InChI=1S/C28H22N2O6/c1-4-34-20-12-10-17(14-21(20)33-3)24-23-25(31)19-11-9-16-7-5-6-8-18(16)26(19)35-27(23)28(32)30(24)22-13-15(2)36-29-22/h5-14,24H,4H2,1-3H3/t24-/m1/s1. The topological polar surface area (TPSA) is 95.0 Å². The normalized spacial score (nSPS) is 15.0. The molecule has 1 aliphatic rings. The molecule has 2 aromatic heterocycles. The lowest BCUT2D eigenvalue weighted by molar-refractivity contribution is 0.0969. The first kappa shape index (κ1) is 21.9. The number of fused-ring (bicyclic) bond motifs is 4. The molecule has 0 saturated carbocycles. The van der Waals surface area contributed by atoms with E-state index in [1.807, 2.05) is 43.3 Å². The Labute approximate surface area is 205 Å². The fourth-order valence-electron chi connectivity index (χ4n) is 4.85. The van der Waals surface area contributed by atoms with Crippen LogP contribution in [0, 0.1) is 6.92 Å².